The van der Waals surface area contributed by atoms with Gasteiger partial charge in [-0.15, -0.1) is 0 Å². The first kappa shape index (κ1) is 16.3. The van der Waals surface area contributed by atoms with Crippen LogP contribution in [0.25, 0.3) is 0 Å². The van der Waals surface area contributed by atoms with Crippen molar-refractivity contribution in [3.8, 4) is 0 Å². The van der Waals surface area contributed by atoms with Crippen LogP contribution in [0.3, 0.4) is 0 Å². The molecule has 118 valence electrons. The van der Waals surface area contributed by atoms with Gasteiger partial charge in [0.1, 0.15) is 0 Å². The van der Waals surface area contributed by atoms with Gasteiger partial charge in [-0.3, -0.25) is 4.72 Å². The van der Waals surface area contributed by atoms with Gasteiger partial charge in [-0.05, 0) is 42.5 Å². The Morgan fingerprint density at radius 2 is 1.36 bits per heavy atom. The van der Waals surface area contributed by atoms with Crippen molar-refractivity contribution in [3.63, 3.8) is 0 Å². The fourth-order valence-electron chi connectivity index (χ4n) is 1.57. The summed E-state index contributed by atoms with van der Waals surface area (Å²) in [5, 5.41) is 4.91. The smallest absolute Gasteiger partial charge is 0.261 e. The van der Waals surface area contributed by atoms with Gasteiger partial charge in [-0.25, -0.2) is 30.8 Å². The van der Waals surface area contributed by atoms with Crippen molar-refractivity contribution in [3.05, 3.63) is 54.1 Å². The fraction of sp³-hybridized carbons (Fsp3) is 0. The van der Waals surface area contributed by atoms with E-state index in [0.29, 0.717) is 12.1 Å². The first-order chi connectivity index (χ1) is 10.1. The van der Waals surface area contributed by atoms with Crippen molar-refractivity contribution >= 4 is 25.7 Å². The lowest BCUT2D eigenvalue weighted by Gasteiger charge is -2.09. The van der Waals surface area contributed by atoms with E-state index in [-0.39, 0.29) is 10.6 Å². The number of hydrogen-bond acceptors (Lipinski definition) is 4. The Balaban J connectivity index is 2.30. The van der Waals surface area contributed by atoms with Crippen LogP contribution in [-0.2, 0) is 20.0 Å². The van der Waals surface area contributed by atoms with Crippen LogP contribution < -0.4 is 9.86 Å². The van der Waals surface area contributed by atoms with Gasteiger partial charge in [0.2, 0.25) is 10.0 Å². The number of sulfonamides is 2. The highest BCUT2D eigenvalue weighted by atomic mass is 32.2. The van der Waals surface area contributed by atoms with E-state index in [1.165, 1.54) is 12.1 Å². The van der Waals surface area contributed by atoms with Crippen LogP contribution in [0.4, 0.5) is 14.5 Å². The number of nitrogens with one attached hydrogen (secondary N) is 1. The molecule has 2 aromatic carbocycles. The largest absolute Gasteiger partial charge is 0.280 e. The minimum absolute atomic E-state index is 0.0390. The lowest BCUT2D eigenvalue weighted by molar-refractivity contribution is 0.504. The molecule has 10 heteroatoms. The number of benzene rings is 2. The molecule has 0 atom stereocenters. The van der Waals surface area contributed by atoms with Gasteiger partial charge in [0, 0.05) is 5.69 Å². The summed E-state index contributed by atoms with van der Waals surface area (Å²) in [5.74, 6) is -2.47. The lowest BCUT2D eigenvalue weighted by atomic mass is 10.3. The summed E-state index contributed by atoms with van der Waals surface area (Å²) >= 11 is 0. The molecular formula is C12H10F2N2O4S2. The number of rotatable bonds is 4. The maximum atomic E-state index is 13.1. The minimum Gasteiger partial charge on any atom is -0.280 e. The predicted octanol–water partition coefficient (Wildman–Crippen LogP) is 1.41. The Labute approximate surface area is 125 Å². The van der Waals surface area contributed by atoms with Crippen LogP contribution in [-0.4, -0.2) is 16.8 Å². The highest BCUT2D eigenvalue weighted by Gasteiger charge is 2.17. The van der Waals surface area contributed by atoms with Crippen molar-refractivity contribution in [2.24, 2.45) is 5.14 Å². The number of anilines is 1. The molecule has 0 fully saturated rings. The highest BCUT2D eigenvalue weighted by molar-refractivity contribution is 7.92. The Kier molecular flexibility index (Phi) is 4.18. The quantitative estimate of drug-likeness (QED) is 0.871. The minimum atomic E-state index is -4.14. The molecule has 0 bridgehead atoms. The summed E-state index contributed by atoms with van der Waals surface area (Å²) in [4.78, 5) is -0.662. The molecule has 2 aromatic rings. The molecule has 0 aliphatic rings. The average molecular weight is 348 g/mol. The molecular weight excluding hydrogens is 338 g/mol. The van der Waals surface area contributed by atoms with E-state index < -0.39 is 36.6 Å². The molecule has 0 amide bonds. The summed E-state index contributed by atoms with van der Waals surface area (Å²) in [7, 11) is -8.03. The van der Waals surface area contributed by atoms with Crippen molar-refractivity contribution in [2.75, 3.05) is 4.72 Å². The predicted molar refractivity (Wildman–Crippen MR) is 75.0 cm³/mol. The normalized spacial score (nSPS) is 12.1. The molecule has 0 saturated heterocycles. The Morgan fingerprint density at radius 1 is 0.818 bits per heavy atom. The van der Waals surface area contributed by atoms with Crippen LogP contribution in [0, 0.1) is 11.6 Å². The Morgan fingerprint density at radius 3 is 1.86 bits per heavy atom. The van der Waals surface area contributed by atoms with Crippen LogP contribution in [0.15, 0.2) is 52.3 Å². The number of primary sulfonamides is 1. The molecule has 0 unspecified atom stereocenters. The Bertz CT molecular complexity index is 911. The maximum Gasteiger partial charge on any atom is 0.261 e. The zero-order chi connectivity index (χ0) is 16.5. The molecule has 0 spiro atoms. The summed E-state index contributed by atoms with van der Waals surface area (Å²) in [5.41, 5.74) is 0.0390. The van der Waals surface area contributed by atoms with Gasteiger partial charge in [0.15, 0.2) is 11.6 Å². The molecule has 0 aliphatic heterocycles. The summed E-state index contributed by atoms with van der Waals surface area (Å²) in [6.45, 7) is 0. The first-order valence-electron chi connectivity index (χ1n) is 5.70. The van der Waals surface area contributed by atoms with Crippen LogP contribution in [0.2, 0.25) is 0 Å². The van der Waals surface area contributed by atoms with E-state index in [4.69, 9.17) is 5.14 Å². The second-order valence-electron chi connectivity index (χ2n) is 4.25. The summed E-state index contributed by atoms with van der Waals surface area (Å²) in [6.07, 6.45) is 0. The zero-order valence-electron chi connectivity index (χ0n) is 10.8. The van der Waals surface area contributed by atoms with Crippen LogP contribution in [0.5, 0.6) is 0 Å². The van der Waals surface area contributed by atoms with E-state index in [9.17, 15) is 25.6 Å². The molecule has 6 nitrogen and oxygen atoms in total. The maximum absolute atomic E-state index is 13.1. The second-order valence-corrected chi connectivity index (χ2v) is 7.49. The van der Waals surface area contributed by atoms with Crippen molar-refractivity contribution in [1.29, 1.82) is 0 Å². The van der Waals surface area contributed by atoms with E-state index in [1.807, 2.05) is 0 Å². The van der Waals surface area contributed by atoms with Crippen LogP contribution in [0.1, 0.15) is 0 Å². The zero-order valence-corrected chi connectivity index (χ0v) is 12.5. The summed E-state index contributed by atoms with van der Waals surface area (Å²) < 4.78 is 74.2. The summed E-state index contributed by atoms with van der Waals surface area (Å²) in [6, 6.07) is 6.70. The van der Waals surface area contributed by atoms with E-state index in [0.717, 1.165) is 18.2 Å². The van der Waals surface area contributed by atoms with Crippen molar-refractivity contribution in [2.45, 2.75) is 9.79 Å². The van der Waals surface area contributed by atoms with E-state index in [2.05, 4.69) is 4.72 Å². The van der Waals surface area contributed by atoms with Crippen molar-refractivity contribution < 1.29 is 25.6 Å². The molecule has 0 saturated carbocycles. The van der Waals surface area contributed by atoms with E-state index >= 15 is 0 Å². The highest BCUT2D eigenvalue weighted by Crippen LogP contribution is 2.19. The standard InChI is InChI=1S/C12H10F2N2O4S2/c13-11-6-5-10(7-12(11)14)22(19,20)16-8-1-3-9(4-2-8)21(15,17)18/h1-7,16H,(H2,15,17,18). The molecule has 22 heavy (non-hydrogen) atoms. The van der Waals surface area contributed by atoms with Gasteiger partial charge >= 0.3 is 0 Å². The first-order valence-corrected chi connectivity index (χ1v) is 8.73. The molecule has 0 heterocycles. The topological polar surface area (TPSA) is 106 Å². The average Bonchev–Trinajstić information content (AvgIpc) is 2.41. The SMILES string of the molecule is NS(=O)(=O)c1ccc(NS(=O)(=O)c2ccc(F)c(F)c2)cc1. The molecule has 0 radical (unpaired) electrons. The number of hydrogen-bond donors (Lipinski definition) is 2. The molecule has 0 aliphatic carbocycles. The Hall–Kier alpha value is -2.04. The van der Waals surface area contributed by atoms with Gasteiger partial charge in [-0.2, -0.15) is 0 Å². The van der Waals surface area contributed by atoms with Gasteiger partial charge in [0.25, 0.3) is 10.0 Å². The number of halogens is 2. The third-order valence-corrected chi connectivity index (χ3v) is 4.94. The van der Waals surface area contributed by atoms with Gasteiger partial charge in [0.05, 0.1) is 9.79 Å². The fourth-order valence-corrected chi connectivity index (χ4v) is 3.16. The second kappa shape index (κ2) is 5.63. The third kappa shape index (κ3) is 3.59. The molecule has 2 rings (SSSR count). The van der Waals surface area contributed by atoms with Gasteiger partial charge < -0.3 is 0 Å². The molecule has 3 N–H and O–H groups in total. The van der Waals surface area contributed by atoms with Gasteiger partial charge in [-0.1, -0.05) is 0 Å². The molecule has 0 aromatic heterocycles. The lowest BCUT2D eigenvalue weighted by Crippen LogP contribution is -2.14. The number of nitrogens with two attached hydrogens (primary N) is 1. The third-order valence-electron chi connectivity index (χ3n) is 2.64. The van der Waals surface area contributed by atoms with E-state index in [1.54, 1.807) is 0 Å². The van der Waals surface area contributed by atoms with Crippen molar-refractivity contribution in [1.82, 2.24) is 0 Å². The monoisotopic (exact) mass is 348 g/mol. The van der Waals surface area contributed by atoms with Crippen LogP contribution >= 0.6 is 0 Å².